The van der Waals surface area contributed by atoms with Gasteiger partial charge in [-0.15, -0.1) is 11.3 Å². The van der Waals surface area contributed by atoms with Crippen LogP contribution in [-0.2, 0) is 6.54 Å². The summed E-state index contributed by atoms with van der Waals surface area (Å²) in [4.78, 5) is 4.16. The number of hydrogen-bond acceptors (Lipinski definition) is 3. The standard InChI is InChI=1S/C11H9F3N2S/c1-6-5-17-9(16-6)4-15-8-3-2-7(12)10(13)11(8)14/h2-3,5,15H,4H2,1H3. The predicted octanol–water partition coefficient (Wildman–Crippen LogP) is 3.48. The van der Waals surface area contributed by atoms with Gasteiger partial charge in [-0.2, -0.15) is 0 Å². The molecule has 6 heteroatoms. The highest BCUT2D eigenvalue weighted by Crippen LogP contribution is 2.20. The van der Waals surface area contributed by atoms with Crippen molar-refractivity contribution in [3.63, 3.8) is 0 Å². The molecule has 0 aliphatic carbocycles. The normalized spacial score (nSPS) is 10.6. The van der Waals surface area contributed by atoms with Gasteiger partial charge in [-0.25, -0.2) is 18.2 Å². The molecule has 0 bridgehead atoms. The van der Waals surface area contributed by atoms with E-state index >= 15 is 0 Å². The molecule has 90 valence electrons. The van der Waals surface area contributed by atoms with Crippen LogP contribution in [0.3, 0.4) is 0 Å². The average Bonchev–Trinajstić information content (AvgIpc) is 2.71. The van der Waals surface area contributed by atoms with E-state index in [9.17, 15) is 13.2 Å². The Morgan fingerprint density at radius 3 is 2.65 bits per heavy atom. The van der Waals surface area contributed by atoms with Crippen molar-refractivity contribution in [3.8, 4) is 0 Å². The van der Waals surface area contributed by atoms with Crippen molar-refractivity contribution in [1.29, 1.82) is 0 Å². The van der Waals surface area contributed by atoms with E-state index in [1.54, 1.807) is 0 Å². The average molecular weight is 258 g/mol. The molecule has 0 atom stereocenters. The van der Waals surface area contributed by atoms with Gasteiger partial charge in [0.2, 0.25) is 0 Å². The van der Waals surface area contributed by atoms with Gasteiger partial charge in [0, 0.05) is 11.1 Å². The summed E-state index contributed by atoms with van der Waals surface area (Å²) in [6, 6.07) is 2.04. The van der Waals surface area contributed by atoms with Crippen LogP contribution in [0.4, 0.5) is 18.9 Å². The SMILES string of the molecule is Cc1csc(CNc2ccc(F)c(F)c2F)n1. The van der Waals surface area contributed by atoms with E-state index in [2.05, 4.69) is 10.3 Å². The maximum Gasteiger partial charge on any atom is 0.196 e. The zero-order valence-electron chi connectivity index (χ0n) is 8.93. The Morgan fingerprint density at radius 2 is 2.00 bits per heavy atom. The fourth-order valence-electron chi connectivity index (χ4n) is 1.32. The number of thiazole rings is 1. The molecule has 1 N–H and O–H groups in total. The molecule has 0 aliphatic rings. The second-order valence-corrected chi connectivity index (χ2v) is 4.40. The quantitative estimate of drug-likeness (QED) is 0.852. The highest BCUT2D eigenvalue weighted by molar-refractivity contribution is 7.09. The molecule has 17 heavy (non-hydrogen) atoms. The zero-order valence-corrected chi connectivity index (χ0v) is 9.75. The summed E-state index contributed by atoms with van der Waals surface area (Å²) in [5, 5.41) is 5.29. The molecule has 1 heterocycles. The third-order valence-electron chi connectivity index (χ3n) is 2.13. The molecule has 1 aromatic heterocycles. The number of nitrogens with zero attached hydrogens (tertiary/aromatic N) is 1. The van der Waals surface area contributed by atoms with Crippen LogP contribution in [0.15, 0.2) is 17.5 Å². The second-order valence-electron chi connectivity index (χ2n) is 3.46. The van der Waals surface area contributed by atoms with E-state index in [0.29, 0.717) is 0 Å². The van der Waals surface area contributed by atoms with Crippen molar-refractivity contribution in [3.05, 3.63) is 45.7 Å². The molecular formula is C11H9F3N2S. The summed E-state index contributed by atoms with van der Waals surface area (Å²) in [5.74, 6) is -3.87. The monoisotopic (exact) mass is 258 g/mol. The largest absolute Gasteiger partial charge is 0.376 e. The number of aryl methyl sites for hydroxylation is 1. The topological polar surface area (TPSA) is 24.9 Å². The molecule has 0 radical (unpaired) electrons. The van der Waals surface area contributed by atoms with Crippen molar-refractivity contribution in [2.45, 2.75) is 13.5 Å². The second kappa shape index (κ2) is 4.75. The van der Waals surface area contributed by atoms with E-state index in [-0.39, 0.29) is 12.2 Å². The molecule has 0 amide bonds. The minimum Gasteiger partial charge on any atom is -0.376 e. The maximum absolute atomic E-state index is 13.3. The van der Waals surface area contributed by atoms with Gasteiger partial charge in [-0.1, -0.05) is 0 Å². The number of nitrogens with one attached hydrogen (secondary N) is 1. The summed E-state index contributed by atoms with van der Waals surface area (Å²) in [6.45, 7) is 2.12. The molecule has 2 nitrogen and oxygen atoms in total. The van der Waals surface area contributed by atoms with Crippen molar-refractivity contribution in [1.82, 2.24) is 4.98 Å². The summed E-state index contributed by atoms with van der Waals surface area (Å²) < 4.78 is 38.9. The Labute approximate surface area is 100 Å². The third-order valence-corrected chi connectivity index (χ3v) is 3.10. The maximum atomic E-state index is 13.3. The van der Waals surface area contributed by atoms with Gasteiger partial charge >= 0.3 is 0 Å². The zero-order chi connectivity index (χ0) is 12.4. The number of halogens is 3. The highest BCUT2D eigenvalue weighted by Gasteiger charge is 2.13. The molecule has 0 unspecified atom stereocenters. The smallest absolute Gasteiger partial charge is 0.196 e. The Hall–Kier alpha value is -1.56. The summed E-state index contributed by atoms with van der Waals surface area (Å²) in [7, 11) is 0. The predicted molar refractivity (Wildman–Crippen MR) is 60.5 cm³/mol. The van der Waals surface area contributed by atoms with Gasteiger partial charge in [-0.05, 0) is 19.1 Å². The first-order chi connectivity index (χ1) is 8.08. The van der Waals surface area contributed by atoms with E-state index < -0.39 is 17.5 Å². The number of aromatic nitrogens is 1. The lowest BCUT2D eigenvalue weighted by molar-refractivity contribution is 0.449. The van der Waals surface area contributed by atoms with Gasteiger partial charge in [0.1, 0.15) is 5.01 Å². The lowest BCUT2D eigenvalue weighted by Gasteiger charge is -2.06. The van der Waals surface area contributed by atoms with E-state index in [0.717, 1.165) is 22.8 Å². The Morgan fingerprint density at radius 1 is 1.24 bits per heavy atom. The number of anilines is 1. The third kappa shape index (κ3) is 2.58. The van der Waals surface area contributed by atoms with Crippen LogP contribution >= 0.6 is 11.3 Å². The van der Waals surface area contributed by atoms with Crippen LogP contribution in [0.25, 0.3) is 0 Å². The van der Waals surface area contributed by atoms with E-state index in [4.69, 9.17) is 0 Å². The lowest BCUT2D eigenvalue weighted by atomic mass is 10.3. The molecule has 0 fully saturated rings. The lowest BCUT2D eigenvalue weighted by Crippen LogP contribution is -2.03. The summed E-state index contributed by atoms with van der Waals surface area (Å²) >= 11 is 1.42. The van der Waals surface area contributed by atoms with Gasteiger partial charge in [0.15, 0.2) is 17.5 Å². The first-order valence-electron chi connectivity index (χ1n) is 4.86. The van der Waals surface area contributed by atoms with Crippen molar-refractivity contribution in [2.24, 2.45) is 0 Å². The first-order valence-corrected chi connectivity index (χ1v) is 5.74. The molecule has 0 aliphatic heterocycles. The Bertz CT molecular complexity index is 540. The molecule has 1 aromatic carbocycles. The van der Waals surface area contributed by atoms with Gasteiger partial charge in [0.25, 0.3) is 0 Å². The summed E-state index contributed by atoms with van der Waals surface area (Å²) in [5.41, 5.74) is 0.800. The van der Waals surface area contributed by atoms with Crippen molar-refractivity contribution >= 4 is 17.0 Å². The van der Waals surface area contributed by atoms with Crippen LogP contribution in [0.1, 0.15) is 10.7 Å². The van der Waals surface area contributed by atoms with Crippen LogP contribution in [0, 0.1) is 24.4 Å². The highest BCUT2D eigenvalue weighted by atomic mass is 32.1. The molecule has 0 spiro atoms. The summed E-state index contributed by atoms with van der Waals surface area (Å²) in [6.07, 6.45) is 0. The fourth-order valence-corrected chi connectivity index (χ4v) is 2.03. The van der Waals surface area contributed by atoms with Gasteiger partial charge < -0.3 is 5.32 Å². The number of rotatable bonds is 3. The molecule has 0 saturated carbocycles. The Balaban J connectivity index is 2.12. The molecule has 2 aromatic rings. The molecule has 0 saturated heterocycles. The van der Waals surface area contributed by atoms with E-state index in [1.165, 1.54) is 11.3 Å². The van der Waals surface area contributed by atoms with Crippen LogP contribution in [0.2, 0.25) is 0 Å². The van der Waals surface area contributed by atoms with Crippen molar-refractivity contribution in [2.75, 3.05) is 5.32 Å². The van der Waals surface area contributed by atoms with Crippen LogP contribution < -0.4 is 5.32 Å². The number of benzene rings is 1. The fraction of sp³-hybridized carbons (Fsp3) is 0.182. The van der Waals surface area contributed by atoms with Gasteiger partial charge in [0.05, 0.1) is 12.2 Å². The van der Waals surface area contributed by atoms with Crippen LogP contribution in [-0.4, -0.2) is 4.98 Å². The first kappa shape index (κ1) is 11.9. The van der Waals surface area contributed by atoms with Crippen LogP contribution in [0.5, 0.6) is 0 Å². The van der Waals surface area contributed by atoms with E-state index in [1.807, 2.05) is 12.3 Å². The van der Waals surface area contributed by atoms with Crippen molar-refractivity contribution < 1.29 is 13.2 Å². The molecule has 2 rings (SSSR count). The Kier molecular flexibility index (Phi) is 3.33. The number of hydrogen-bond donors (Lipinski definition) is 1. The minimum absolute atomic E-state index is 0.0725. The molecular weight excluding hydrogens is 249 g/mol. The minimum atomic E-state index is -1.47. The van der Waals surface area contributed by atoms with Gasteiger partial charge in [-0.3, -0.25) is 0 Å².